The van der Waals surface area contributed by atoms with E-state index in [9.17, 15) is 4.79 Å². The number of halogens is 2. The fourth-order valence-corrected chi connectivity index (χ4v) is 1.45. The highest BCUT2D eigenvalue weighted by Gasteiger charge is 2.27. The maximum atomic E-state index is 10.8. The number of aromatic nitrogens is 2. The van der Waals surface area contributed by atoms with Crippen molar-refractivity contribution in [2.75, 3.05) is 0 Å². The minimum atomic E-state index is -0.618. The maximum absolute atomic E-state index is 10.8. The van der Waals surface area contributed by atoms with E-state index in [0.717, 1.165) is 12.8 Å². The molecule has 0 bridgehead atoms. The lowest BCUT2D eigenvalue weighted by molar-refractivity contribution is 0.108. The molecule has 2 rings (SSSR count). The van der Waals surface area contributed by atoms with Crippen LogP contribution in [-0.2, 0) is 0 Å². The summed E-state index contributed by atoms with van der Waals surface area (Å²) in [5.41, 5.74) is 0.174. The highest BCUT2D eigenvalue weighted by atomic mass is 35.5. The van der Waals surface area contributed by atoms with Crippen molar-refractivity contribution < 1.29 is 4.79 Å². The highest BCUT2D eigenvalue weighted by molar-refractivity contribution is 6.68. The number of carbonyl (C=O) groups is 1. The van der Waals surface area contributed by atoms with Gasteiger partial charge in [-0.05, 0) is 24.4 Å². The van der Waals surface area contributed by atoms with Crippen LogP contribution < -0.4 is 0 Å². The Balaban J connectivity index is 2.36. The maximum Gasteiger partial charge on any atom is 0.257 e. The van der Waals surface area contributed by atoms with Gasteiger partial charge in [0, 0.05) is 12.1 Å². The summed E-state index contributed by atoms with van der Waals surface area (Å²) in [4.78, 5) is 18.8. The van der Waals surface area contributed by atoms with Crippen molar-refractivity contribution in [3.63, 3.8) is 0 Å². The van der Waals surface area contributed by atoms with Crippen LogP contribution in [0.1, 0.15) is 34.9 Å². The second-order valence-electron chi connectivity index (χ2n) is 2.98. The quantitative estimate of drug-likeness (QED) is 0.564. The Morgan fingerprint density at radius 1 is 1.54 bits per heavy atom. The second kappa shape index (κ2) is 3.24. The van der Waals surface area contributed by atoms with Gasteiger partial charge in [-0.3, -0.25) is 4.79 Å². The van der Waals surface area contributed by atoms with Crippen molar-refractivity contribution in [3.05, 3.63) is 22.7 Å². The van der Waals surface area contributed by atoms with Crippen molar-refractivity contribution >= 4 is 28.4 Å². The second-order valence-corrected chi connectivity index (χ2v) is 3.68. The molecule has 0 N–H and O–H groups in total. The van der Waals surface area contributed by atoms with E-state index in [1.165, 1.54) is 6.20 Å². The van der Waals surface area contributed by atoms with Crippen LogP contribution in [0.5, 0.6) is 0 Å². The minimum Gasteiger partial charge on any atom is -0.275 e. The van der Waals surface area contributed by atoms with E-state index >= 15 is 0 Å². The number of carbonyl (C=O) groups excluding carboxylic acids is 1. The van der Waals surface area contributed by atoms with E-state index in [2.05, 4.69) is 9.97 Å². The lowest BCUT2D eigenvalue weighted by atomic mass is 10.3. The van der Waals surface area contributed by atoms with Gasteiger partial charge in [0.05, 0.1) is 5.56 Å². The molecule has 0 aromatic carbocycles. The molecule has 1 heterocycles. The molecule has 68 valence electrons. The smallest absolute Gasteiger partial charge is 0.257 e. The van der Waals surface area contributed by atoms with Crippen LogP contribution in [0.25, 0.3) is 0 Å². The topological polar surface area (TPSA) is 42.9 Å². The van der Waals surface area contributed by atoms with Gasteiger partial charge in [-0.15, -0.1) is 0 Å². The normalized spacial score (nSPS) is 15.8. The van der Waals surface area contributed by atoms with Crippen LogP contribution in [0.15, 0.2) is 6.20 Å². The zero-order chi connectivity index (χ0) is 9.42. The number of hydrogen-bond donors (Lipinski definition) is 0. The molecule has 0 saturated heterocycles. The van der Waals surface area contributed by atoms with E-state index in [4.69, 9.17) is 23.2 Å². The molecular formula is C8H6Cl2N2O. The summed E-state index contributed by atoms with van der Waals surface area (Å²) >= 11 is 11.0. The molecule has 0 spiro atoms. The van der Waals surface area contributed by atoms with Crippen LogP contribution in [0.2, 0.25) is 5.15 Å². The summed E-state index contributed by atoms with van der Waals surface area (Å²) in [5, 5.41) is -0.468. The fraction of sp³-hybridized carbons (Fsp3) is 0.375. The zero-order valence-electron chi connectivity index (χ0n) is 6.63. The Bertz CT molecular complexity index is 363. The molecule has 1 aromatic rings. The van der Waals surface area contributed by atoms with Crippen LogP contribution in [0, 0.1) is 0 Å². The van der Waals surface area contributed by atoms with Crippen molar-refractivity contribution in [3.8, 4) is 0 Å². The summed E-state index contributed by atoms with van der Waals surface area (Å²) in [7, 11) is 0. The molecule has 13 heavy (non-hydrogen) atoms. The van der Waals surface area contributed by atoms with Gasteiger partial charge >= 0.3 is 0 Å². The van der Waals surface area contributed by atoms with Gasteiger partial charge in [-0.2, -0.15) is 0 Å². The summed E-state index contributed by atoms with van der Waals surface area (Å²) in [6.45, 7) is 0. The predicted molar refractivity (Wildman–Crippen MR) is 49.2 cm³/mol. The van der Waals surface area contributed by atoms with Crippen LogP contribution in [0.4, 0.5) is 0 Å². The molecule has 1 aliphatic carbocycles. The number of nitrogens with zero attached hydrogens (tertiary/aromatic N) is 2. The third kappa shape index (κ3) is 1.81. The monoisotopic (exact) mass is 216 g/mol. The molecule has 1 aromatic heterocycles. The van der Waals surface area contributed by atoms with E-state index in [1.54, 1.807) is 0 Å². The molecule has 0 radical (unpaired) electrons. The standard InChI is InChI=1S/C8H6Cl2N2O/c9-6-5(7(10)13)3-11-8(12-6)4-1-2-4/h3-4H,1-2H2. The van der Waals surface area contributed by atoms with Crippen LogP contribution in [-0.4, -0.2) is 15.2 Å². The van der Waals surface area contributed by atoms with E-state index < -0.39 is 5.24 Å². The molecule has 5 heteroatoms. The Morgan fingerprint density at radius 2 is 2.23 bits per heavy atom. The Hall–Kier alpha value is -0.670. The molecule has 0 aliphatic heterocycles. The average Bonchev–Trinajstić information content (AvgIpc) is 2.85. The van der Waals surface area contributed by atoms with Crippen molar-refractivity contribution in [2.24, 2.45) is 0 Å². The first-order valence-electron chi connectivity index (χ1n) is 3.90. The summed E-state index contributed by atoms with van der Waals surface area (Å²) in [5.74, 6) is 1.14. The molecule has 1 fully saturated rings. The lowest BCUT2D eigenvalue weighted by Crippen LogP contribution is -1.99. The van der Waals surface area contributed by atoms with Crippen molar-refractivity contribution in [2.45, 2.75) is 18.8 Å². The molecule has 0 amide bonds. The summed E-state index contributed by atoms with van der Waals surface area (Å²) < 4.78 is 0. The Labute approximate surface area is 85.1 Å². The summed E-state index contributed by atoms with van der Waals surface area (Å²) in [6.07, 6.45) is 3.59. The summed E-state index contributed by atoms with van der Waals surface area (Å²) in [6, 6.07) is 0. The predicted octanol–water partition coefficient (Wildman–Crippen LogP) is 2.39. The lowest BCUT2D eigenvalue weighted by Gasteiger charge is -1.99. The van der Waals surface area contributed by atoms with Gasteiger partial charge in [0.15, 0.2) is 0 Å². The van der Waals surface area contributed by atoms with Crippen LogP contribution in [0.3, 0.4) is 0 Å². The zero-order valence-corrected chi connectivity index (χ0v) is 8.14. The first kappa shape index (κ1) is 8.91. The van der Waals surface area contributed by atoms with Gasteiger partial charge < -0.3 is 0 Å². The molecule has 3 nitrogen and oxygen atoms in total. The van der Waals surface area contributed by atoms with Gasteiger partial charge in [0.1, 0.15) is 11.0 Å². The van der Waals surface area contributed by atoms with E-state index in [0.29, 0.717) is 11.7 Å². The molecular weight excluding hydrogens is 211 g/mol. The Kier molecular flexibility index (Phi) is 2.22. The number of rotatable bonds is 2. The third-order valence-corrected chi connectivity index (χ3v) is 2.41. The van der Waals surface area contributed by atoms with Crippen molar-refractivity contribution in [1.82, 2.24) is 9.97 Å². The van der Waals surface area contributed by atoms with Gasteiger partial charge in [-0.1, -0.05) is 11.6 Å². The Morgan fingerprint density at radius 3 is 2.69 bits per heavy atom. The molecule has 1 aliphatic rings. The molecule has 0 atom stereocenters. The largest absolute Gasteiger partial charge is 0.275 e. The molecule has 0 unspecified atom stereocenters. The van der Waals surface area contributed by atoms with Crippen LogP contribution >= 0.6 is 23.2 Å². The van der Waals surface area contributed by atoms with Gasteiger partial charge in [0.2, 0.25) is 0 Å². The van der Waals surface area contributed by atoms with E-state index in [-0.39, 0.29) is 10.7 Å². The minimum absolute atomic E-state index is 0.150. The first-order valence-corrected chi connectivity index (χ1v) is 4.66. The highest BCUT2D eigenvalue weighted by Crippen LogP contribution is 2.38. The molecule has 1 saturated carbocycles. The van der Waals surface area contributed by atoms with Crippen molar-refractivity contribution in [1.29, 1.82) is 0 Å². The number of hydrogen-bond acceptors (Lipinski definition) is 3. The first-order chi connectivity index (χ1) is 6.18. The fourth-order valence-electron chi connectivity index (χ4n) is 1.04. The van der Waals surface area contributed by atoms with Gasteiger partial charge in [0.25, 0.3) is 5.24 Å². The van der Waals surface area contributed by atoms with E-state index in [1.807, 2.05) is 0 Å². The third-order valence-electron chi connectivity index (χ3n) is 1.92. The van der Waals surface area contributed by atoms with Gasteiger partial charge in [-0.25, -0.2) is 9.97 Å². The SMILES string of the molecule is O=C(Cl)c1cnc(C2CC2)nc1Cl. The average molecular weight is 217 g/mol.